The lowest BCUT2D eigenvalue weighted by atomic mass is 10.1. The number of hydrogen-bond acceptors (Lipinski definition) is 4. The van der Waals surface area contributed by atoms with Gasteiger partial charge in [-0.05, 0) is 48.5 Å². The highest BCUT2D eigenvalue weighted by molar-refractivity contribution is 7.87. The number of rotatable bonds is 2. The molecule has 178 valence electrons. The molecular formula is C30H17Cl2N2O2P. The zero-order valence-electron chi connectivity index (χ0n) is 19.2. The number of nitrogens with zero attached hydrogens (tertiary/aromatic N) is 2. The molecular weight excluding hydrogens is 522 g/mol. The third-order valence-corrected chi connectivity index (χ3v) is 10.9. The van der Waals surface area contributed by atoms with E-state index >= 15 is 4.57 Å². The maximum absolute atomic E-state index is 15.8. The molecule has 7 heteroatoms. The first-order chi connectivity index (χ1) is 18.1. The lowest BCUT2D eigenvalue weighted by Crippen LogP contribution is -2.45. The Bertz CT molecular complexity index is 1700. The normalized spacial score (nSPS) is 15.2. The van der Waals surface area contributed by atoms with Crippen LogP contribution in [-0.4, -0.2) is 0 Å². The fraction of sp³-hybridized carbons (Fsp3) is 0. The minimum Gasteiger partial charge on any atom is -0.455 e. The van der Waals surface area contributed by atoms with Crippen LogP contribution in [0.1, 0.15) is 0 Å². The highest BCUT2D eigenvalue weighted by Crippen LogP contribution is 2.66. The van der Waals surface area contributed by atoms with Gasteiger partial charge in [-0.2, -0.15) is 0 Å². The quantitative estimate of drug-likeness (QED) is 0.207. The van der Waals surface area contributed by atoms with Crippen molar-refractivity contribution >= 4 is 80.4 Å². The minimum atomic E-state index is -3.37. The molecule has 37 heavy (non-hydrogen) atoms. The Morgan fingerprint density at radius 2 is 1.00 bits per heavy atom. The number of para-hydroxylation sites is 2. The van der Waals surface area contributed by atoms with Gasteiger partial charge >= 0.3 is 0 Å². The van der Waals surface area contributed by atoms with Gasteiger partial charge in [0.1, 0.15) is 11.5 Å². The third-order valence-electron chi connectivity index (χ3n) is 7.19. The van der Waals surface area contributed by atoms with E-state index in [0.29, 0.717) is 32.2 Å². The number of benzene rings is 5. The van der Waals surface area contributed by atoms with E-state index in [9.17, 15) is 0 Å². The summed E-state index contributed by atoms with van der Waals surface area (Å²) in [5, 5.41) is 3.15. The van der Waals surface area contributed by atoms with Crippen molar-refractivity contribution in [3.63, 3.8) is 0 Å². The third kappa shape index (κ3) is 2.73. The van der Waals surface area contributed by atoms with Crippen LogP contribution < -0.4 is 30.5 Å². The highest BCUT2D eigenvalue weighted by Gasteiger charge is 2.53. The molecule has 0 bridgehead atoms. The average Bonchev–Trinajstić information content (AvgIpc) is 2.89. The van der Waals surface area contributed by atoms with E-state index in [4.69, 9.17) is 27.9 Å². The van der Waals surface area contributed by atoms with E-state index in [1.807, 2.05) is 91.0 Å². The largest absolute Gasteiger partial charge is 0.455 e. The Morgan fingerprint density at radius 3 is 1.46 bits per heavy atom. The molecule has 8 rings (SSSR count). The molecule has 0 amide bonds. The van der Waals surface area contributed by atoms with Gasteiger partial charge in [0.2, 0.25) is 0 Å². The summed E-state index contributed by atoms with van der Waals surface area (Å²) < 4.78 is 22.2. The Balaban J connectivity index is 1.57. The second kappa shape index (κ2) is 7.43. The van der Waals surface area contributed by atoms with Crippen molar-refractivity contribution in [3.8, 4) is 11.5 Å². The molecule has 0 N–H and O–H groups in total. The van der Waals surface area contributed by atoms with Gasteiger partial charge < -0.3 is 19.1 Å². The maximum Gasteiger partial charge on any atom is 0.186 e. The Hall–Kier alpha value is -3.69. The highest BCUT2D eigenvalue weighted by atomic mass is 35.5. The molecule has 5 aromatic rings. The predicted molar refractivity (Wildman–Crippen MR) is 152 cm³/mol. The van der Waals surface area contributed by atoms with Gasteiger partial charge in [0.05, 0.1) is 38.7 Å². The molecule has 0 aliphatic carbocycles. The molecule has 5 aromatic carbocycles. The van der Waals surface area contributed by atoms with E-state index in [0.717, 1.165) is 39.4 Å². The summed E-state index contributed by atoms with van der Waals surface area (Å²) in [7, 11) is -3.37. The molecule has 3 aliphatic rings. The van der Waals surface area contributed by atoms with E-state index in [2.05, 4.69) is 9.80 Å². The van der Waals surface area contributed by atoms with E-state index in [-0.39, 0.29) is 0 Å². The molecule has 0 atom stereocenters. The summed E-state index contributed by atoms with van der Waals surface area (Å²) in [6, 6.07) is 33.5. The maximum atomic E-state index is 15.8. The lowest BCUT2D eigenvalue weighted by Gasteiger charge is -2.47. The molecule has 0 saturated carbocycles. The molecule has 0 radical (unpaired) electrons. The smallest absolute Gasteiger partial charge is 0.186 e. The molecule has 4 nitrogen and oxygen atoms in total. The Labute approximate surface area is 223 Å². The Morgan fingerprint density at radius 1 is 0.541 bits per heavy atom. The van der Waals surface area contributed by atoms with Gasteiger partial charge in [0.15, 0.2) is 7.14 Å². The Kier molecular flexibility index (Phi) is 4.30. The van der Waals surface area contributed by atoms with Crippen LogP contribution >= 0.6 is 30.3 Å². The van der Waals surface area contributed by atoms with Crippen molar-refractivity contribution in [2.24, 2.45) is 0 Å². The van der Waals surface area contributed by atoms with Crippen LogP contribution in [0.25, 0.3) is 0 Å². The SMILES string of the molecule is O=P12c3c4cc(Cl)cc3N(c3ccccc3)c3cccc(c31)N(c1ccccc1)c1cc(Cl)cc(c12)O4. The fourth-order valence-corrected chi connectivity index (χ4v) is 9.76. The first-order valence-electron chi connectivity index (χ1n) is 11.9. The predicted octanol–water partition coefficient (Wildman–Crippen LogP) is 8.30. The minimum absolute atomic E-state index is 0.501. The van der Waals surface area contributed by atoms with Crippen LogP contribution in [0.15, 0.2) is 103 Å². The molecule has 3 heterocycles. The van der Waals surface area contributed by atoms with Crippen LogP contribution in [0.3, 0.4) is 0 Å². The average molecular weight is 539 g/mol. The number of ether oxygens (including phenoxy) is 1. The summed E-state index contributed by atoms with van der Waals surface area (Å²) in [6.45, 7) is 0. The van der Waals surface area contributed by atoms with E-state index in [1.165, 1.54) is 0 Å². The van der Waals surface area contributed by atoms with Crippen molar-refractivity contribution in [1.82, 2.24) is 0 Å². The molecule has 0 spiro atoms. The van der Waals surface area contributed by atoms with Gasteiger partial charge in [-0.15, -0.1) is 0 Å². The van der Waals surface area contributed by atoms with Crippen molar-refractivity contribution in [1.29, 1.82) is 0 Å². The second-order valence-electron chi connectivity index (χ2n) is 9.24. The zero-order chi connectivity index (χ0) is 24.9. The summed E-state index contributed by atoms with van der Waals surface area (Å²) in [5.74, 6) is 1.00. The topological polar surface area (TPSA) is 32.8 Å². The summed E-state index contributed by atoms with van der Waals surface area (Å²) in [5.41, 5.74) is 5.16. The van der Waals surface area contributed by atoms with Crippen molar-refractivity contribution in [2.75, 3.05) is 9.80 Å². The van der Waals surface area contributed by atoms with Crippen molar-refractivity contribution in [3.05, 3.63) is 113 Å². The van der Waals surface area contributed by atoms with Gasteiger partial charge in [0, 0.05) is 33.6 Å². The van der Waals surface area contributed by atoms with Crippen LogP contribution in [0.2, 0.25) is 10.0 Å². The standard InChI is InChI=1S/C30H17Cl2N2O2P/c31-18-14-24-29-26(16-18)36-27-17-19(32)15-25-30(27)37(29,35)28-22(33(24)20-8-3-1-4-9-20)12-7-13-23(28)34(25)21-10-5-2-6-11-21/h1-17H. The zero-order valence-corrected chi connectivity index (χ0v) is 21.6. The summed E-state index contributed by atoms with van der Waals surface area (Å²) >= 11 is 13.3. The number of anilines is 6. The summed E-state index contributed by atoms with van der Waals surface area (Å²) in [6.07, 6.45) is 0. The van der Waals surface area contributed by atoms with Crippen LogP contribution in [0.5, 0.6) is 11.5 Å². The van der Waals surface area contributed by atoms with Crippen molar-refractivity contribution in [2.45, 2.75) is 0 Å². The van der Waals surface area contributed by atoms with Gasteiger partial charge in [-0.3, -0.25) is 0 Å². The lowest BCUT2D eigenvalue weighted by molar-refractivity contribution is 0.485. The van der Waals surface area contributed by atoms with Crippen molar-refractivity contribution < 1.29 is 9.30 Å². The van der Waals surface area contributed by atoms with Gasteiger partial charge in [-0.25, -0.2) is 0 Å². The van der Waals surface area contributed by atoms with Crippen LogP contribution in [0, 0.1) is 0 Å². The second-order valence-corrected chi connectivity index (χ2v) is 12.7. The van der Waals surface area contributed by atoms with E-state index < -0.39 is 7.14 Å². The van der Waals surface area contributed by atoms with Crippen LogP contribution in [-0.2, 0) is 4.57 Å². The molecule has 0 unspecified atom stereocenters. The monoisotopic (exact) mass is 538 g/mol. The van der Waals surface area contributed by atoms with Crippen LogP contribution in [0.4, 0.5) is 34.1 Å². The first-order valence-corrected chi connectivity index (χ1v) is 14.3. The first kappa shape index (κ1) is 21.4. The van der Waals surface area contributed by atoms with E-state index in [1.54, 1.807) is 12.1 Å². The number of halogens is 2. The summed E-state index contributed by atoms with van der Waals surface area (Å²) in [4.78, 5) is 4.27. The van der Waals surface area contributed by atoms with Gasteiger partial charge in [0.25, 0.3) is 0 Å². The fourth-order valence-electron chi connectivity index (χ4n) is 5.88. The molecule has 0 aromatic heterocycles. The molecule has 3 aliphatic heterocycles. The molecule has 0 fully saturated rings. The number of hydrogen-bond donors (Lipinski definition) is 0. The van der Waals surface area contributed by atoms with Gasteiger partial charge in [-0.1, -0.05) is 65.7 Å². The molecule has 0 saturated heterocycles.